The Morgan fingerprint density at radius 2 is 1.79 bits per heavy atom. The number of carbonyl (C=O) groups is 1. The molecule has 1 N–H and O–H groups in total. The fourth-order valence-corrected chi connectivity index (χ4v) is 4.81. The topological polar surface area (TPSA) is 66.5 Å². The highest BCUT2D eigenvalue weighted by atomic mass is 32.2. The van der Waals surface area contributed by atoms with Gasteiger partial charge in [-0.3, -0.25) is 4.79 Å². The highest BCUT2D eigenvalue weighted by Gasteiger charge is 2.24. The second kappa shape index (κ2) is 8.88. The number of rotatable bonds is 7. The van der Waals surface area contributed by atoms with E-state index in [-0.39, 0.29) is 16.8 Å². The van der Waals surface area contributed by atoms with Crippen LogP contribution in [0.4, 0.5) is 0 Å². The molecule has 0 radical (unpaired) electrons. The monoisotopic (exact) mass is 400 g/mol. The molecule has 1 aliphatic rings. The molecule has 1 heterocycles. The van der Waals surface area contributed by atoms with Crippen molar-refractivity contribution in [3.05, 3.63) is 65.2 Å². The normalized spacial score (nSPS) is 15.6. The predicted octanol–water partition coefficient (Wildman–Crippen LogP) is 3.53. The van der Waals surface area contributed by atoms with Gasteiger partial charge in [0.2, 0.25) is 10.0 Å². The van der Waals surface area contributed by atoms with Gasteiger partial charge in [0.15, 0.2) is 0 Å². The lowest BCUT2D eigenvalue weighted by Crippen LogP contribution is -2.33. The first kappa shape index (κ1) is 20.6. The predicted molar refractivity (Wildman–Crippen MR) is 111 cm³/mol. The Balaban J connectivity index is 1.70. The maximum absolute atomic E-state index is 12.8. The smallest absolute Gasteiger partial charge is 0.254 e. The number of amides is 1. The van der Waals surface area contributed by atoms with Gasteiger partial charge in [0.1, 0.15) is 0 Å². The fraction of sp³-hybridized carbons (Fsp3) is 0.409. The average Bonchev–Trinajstić information content (AvgIpc) is 3.21. The SMILES string of the molecule is Cc1ccc(S(=O)(=O)N[C@@H](C)CCc2ccccc2)cc1C(=O)N1CCCC1. The van der Waals surface area contributed by atoms with Crippen LogP contribution in [-0.4, -0.2) is 38.4 Å². The standard InChI is InChI=1S/C22H28N2O3S/c1-17-10-13-20(16-21(17)22(25)24-14-6-7-15-24)28(26,27)23-18(2)11-12-19-8-4-3-5-9-19/h3-5,8-10,13,16,18,23H,6-7,11-12,14-15H2,1-2H3/t18-/m0/s1. The number of nitrogens with one attached hydrogen (secondary N) is 1. The van der Waals surface area contributed by atoms with E-state index in [0.29, 0.717) is 12.0 Å². The summed E-state index contributed by atoms with van der Waals surface area (Å²) in [7, 11) is -3.68. The first-order valence-corrected chi connectivity index (χ1v) is 11.3. The first-order valence-electron chi connectivity index (χ1n) is 9.83. The Bertz CT molecular complexity index is 920. The number of hydrogen-bond donors (Lipinski definition) is 1. The van der Waals surface area contributed by atoms with Gasteiger partial charge >= 0.3 is 0 Å². The molecule has 150 valence electrons. The molecule has 0 saturated carbocycles. The second-order valence-electron chi connectivity index (χ2n) is 7.52. The molecule has 0 aromatic heterocycles. The fourth-order valence-electron chi connectivity index (χ4n) is 3.51. The molecule has 0 bridgehead atoms. The lowest BCUT2D eigenvalue weighted by atomic mass is 10.1. The molecule has 1 amide bonds. The number of aryl methyl sites for hydroxylation is 2. The number of sulfonamides is 1. The van der Waals surface area contributed by atoms with Crippen LogP contribution in [0.2, 0.25) is 0 Å². The number of carbonyl (C=O) groups excluding carboxylic acids is 1. The maximum atomic E-state index is 12.8. The molecule has 5 nitrogen and oxygen atoms in total. The minimum absolute atomic E-state index is 0.0795. The molecule has 6 heteroatoms. The van der Waals surface area contributed by atoms with Gasteiger partial charge in [-0.25, -0.2) is 13.1 Å². The molecular formula is C22H28N2O3S. The van der Waals surface area contributed by atoms with E-state index in [4.69, 9.17) is 0 Å². The zero-order valence-electron chi connectivity index (χ0n) is 16.5. The van der Waals surface area contributed by atoms with E-state index in [9.17, 15) is 13.2 Å². The summed E-state index contributed by atoms with van der Waals surface area (Å²) in [5.41, 5.74) is 2.46. The van der Waals surface area contributed by atoms with Gasteiger partial charge < -0.3 is 4.90 Å². The number of benzene rings is 2. The summed E-state index contributed by atoms with van der Waals surface area (Å²) in [6.07, 6.45) is 3.51. The van der Waals surface area contributed by atoms with Crippen LogP contribution in [0.5, 0.6) is 0 Å². The number of likely N-dealkylation sites (tertiary alicyclic amines) is 1. The summed E-state index contributed by atoms with van der Waals surface area (Å²) in [5, 5.41) is 0. The minimum Gasteiger partial charge on any atom is -0.339 e. The summed E-state index contributed by atoms with van der Waals surface area (Å²) in [6.45, 7) is 5.19. The van der Waals surface area contributed by atoms with Gasteiger partial charge in [-0.2, -0.15) is 0 Å². The number of nitrogens with zero attached hydrogens (tertiary/aromatic N) is 1. The van der Waals surface area contributed by atoms with Gasteiger partial charge in [-0.15, -0.1) is 0 Å². The van der Waals surface area contributed by atoms with Crippen molar-refractivity contribution in [2.45, 2.75) is 50.5 Å². The van der Waals surface area contributed by atoms with Crippen molar-refractivity contribution >= 4 is 15.9 Å². The molecule has 1 aliphatic heterocycles. The summed E-state index contributed by atoms with van der Waals surface area (Å²) in [4.78, 5) is 14.7. The molecule has 1 saturated heterocycles. The van der Waals surface area contributed by atoms with Gasteiger partial charge in [-0.05, 0) is 62.8 Å². The Kier molecular flexibility index (Phi) is 6.52. The van der Waals surface area contributed by atoms with E-state index in [1.165, 1.54) is 11.6 Å². The van der Waals surface area contributed by atoms with E-state index in [1.807, 2.05) is 44.2 Å². The van der Waals surface area contributed by atoms with Crippen LogP contribution < -0.4 is 4.72 Å². The van der Waals surface area contributed by atoms with E-state index in [1.54, 1.807) is 17.0 Å². The van der Waals surface area contributed by atoms with E-state index in [2.05, 4.69) is 4.72 Å². The summed E-state index contributed by atoms with van der Waals surface area (Å²) < 4.78 is 28.4. The van der Waals surface area contributed by atoms with Crippen LogP contribution in [0.3, 0.4) is 0 Å². The number of hydrogen-bond acceptors (Lipinski definition) is 3. The molecule has 1 fully saturated rings. The molecule has 2 aromatic carbocycles. The summed E-state index contributed by atoms with van der Waals surface area (Å²) in [5.74, 6) is -0.0795. The van der Waals surface area contributed by atoms with Crippen molar-refractivity contribution in [1.29, 1.82) is 0 Å². The van der Waals surface area contributed by atoms with Crippen molar-refractivity contribution in [3.63, 3.8) is 0 Å². The Hall–Kier alpha value is -2.18. The van der Waals surface area contributed by atoms with Crippen LogP contribution in [0, 0.1) is 6.92 Å². The van der Waals surface area contributed by atoms with Gasteiger partial charge in [0.25, 0.3) is 5.91 Å². The van der Waals surface area contributed by atoms with Crippen molar-refractivity contribution in [1.82, 2.24) is 9.62 Å². The third kappa shape index (κ3) is 5.00. The third-order valence-electron chi connectivity index (χ3n) is 5.21. The van der Waals surface area contributed by atoms with Crippen LogP contribution in [0.25, 0.3) is 0 Å². The molecule has 2 aromatic rings. The maximum Gasteiger partial charge on any atom is 0.254 e. The van der Waals surface area contributed by atoms with Crippen molar-refractivity contribution < 1.29 is 13.2 Å². The van der Waals surface area contributed by atoms with E-state index < -0.39 is 10.0 Å². The van der Waals surface area contributed by atoms with Gasteiger partial charge in [-0.1, -0.05) is 36.4 Å². The molecule has 0 unspecified atom stereocenters. The van der Waals surface area contributed by atoms with Gasteiger partial charge in [0.05, 0.1) is 4.90 Å². The van der Waals surface area contributed by atoms with Crippen LogP contribution in [0.15, 0.2) is 53.4 Å². The molecule has 0 aliphatic carbocycles. The molecule has 0 spiro atoms. The zero-order chi connectivity index (χ0) is 20.1. The minimum atomic E-state index is -3.68. The van der Waals surface area contributed by atoms with Gasteiger partial charge in [0, 0.05) is 24.7 Å². The third-order valence-corrected chi connectivity index (χ3v) is 6.80. The summed E-state index contributed by atoms with van der Waals surface area (Å²) in [6, 6.07) is 14.6. The molecule has 28 heavy (non-hydrogen) atoms. The molecule has 3 rings (SSSR count). The zero-order valence-corrected chi connectivity index (χ0v) is 17.3. The second-order valence-corrected chi connectivity index (χ2v) is 9.24. The van der Waals surface area contributed by atoms with Crippen LogP contribution in [0.1, 0.15) is 47.7 Å². The van der Waals surface area contributed by atoms with Crippen LogP contribution >= 0.6 is 0 Å². The highest BCUT2D eigenvalue weighted by molar-refractivity contribution is 7.89. The Labute approximate surface area is 167 Å². The van der Waals surface area contributed by atoms with Crippen molar-refractivity contribution in [2.24, 2.45) is 0 Å². The Morgan fingerprint density at radius 3 is 2.46 bits per heavy atom. The Morgan fingerprint density at radius 1 is 1.11 bits per heavy atom. The average molecular weight is 401 g/mol. The lowest BCUT2D eigenvalue weighted by molar-refractivity contribution is 0.0792. The largest absolute Gasteiger partial charge is 0.339 e. The highest BCUT2D eigenvalue weighted by Crippen LogP contribution is 2.20. The lowest BCUT2D eigenvalue weighted by Gasteiger charge is -2.18. The van der Waals surface area contributed by atoms with Crippen molar-refractivity contribution in [3.8, 4) is 0 Å². The summed E-state index contributed by atoms with van der Waals surface area (Å²) >= 11 is 0. The van der Waals surface area contributed by atoms with E-state index in [0.717, 1.165) is 37.9 Å². The quantitative estimate of drug-likeness (QED) is 0.773. The molecular weight excluding hydrogens is 372 g/mol. The van der Waals surface area contributed by atoms with E-state index >= 15 is 0 Å². The van der Waals surface area contributed by atoms with Crippen LogP contribution in [-0.2, 0) is 16.4 Å². The van der Waals surface area contributed by atoms with Crippen molar-refractivity contribution in [2.75, 3.05) is 13.1 Å². The molecule has 1 atom stereocenters. The first-order chi connectivity index (χ1) is 13.4.